The average molecular weight is 380 g/mol. The number of fused-ring (bicyclic) bond motifs is 1. The minimum absolute atomic E-state index is 0.157. The summed E-state index contributed by atoms with van der Waals surface area (Å²) in [6, 6.07) is 11.1. The van der Waals surface area contributed by atoms with Crippen LogP contribution < -0.4 is 11.1 Å². The van der Waals surface area contributed by atoms with E-state index in [0.29, 0.717) is 34.7 Å². The molecule has 142 valence electrons. The second-order valence-corrected chi connectivity index (χ2v) is 6.77. The molecular weight excluding hydrogens is 363 g/mol. The van der Waals surface area contributed by atoms with Crippen LogP contribution in [-0.4, -0.2) is 19.7 Å². The Balaban J connectivity index is 1.71. The third kappa shape index (κ3) is 3.24. The lowest BCUT2D eigenvalue weighted by molar-refractivity contribution is 0.385. The number of benzene rings is 2. The van der Waals surface area contributed by atoms with Crippen molar-refractivity contribution in [1.82, 2.24) is 19.7 Å². The van der Waals surface area contributed by atoms with Gasteiger partial charge in [0.25, 0.3) is 0 Å². The number of H-pyrrole nitrogens is 1. The van der Waals surface area contributed by atoms with Crippen molar-refractivity contribution in [2.24, 2.45) is 0 Å². The summed E-state index contributed by atoms with van der Waals surface area (Å²) >= 11 is 0. The number of halogens is 1. The van der Waals surface area contributed by atoms with Gasteiger partial charge < -0.3 is 9.51 Å². The van der Waals surface area contributed by atoms with E-state index in [0.717, 1.165) is 5.56 Å². The van der Waals surface area contributed by atoms with Gasteiger partial charge in [0.2, 0.25) is 11.7 Å². The molecule has 0 saturated carbocycles. The van der Waals surface area contributed by atoms with Crippen LogP contribution in [0.5, 0.6) is 0 Å². The molecule has 0 aliphatic carbocycles. The Labute approximate surface area is 158 Å². The molecule has 2 aromatic heterocycles. The molecule has 4 aromatic rings. The highest BCUT2D eigenvalue weighted by Gasteiger charge is 2.14. The molecule has 0 unspecified atom stereocenters. The van der Waals surface area contributed by atoms with Crippen LogP contribution >= 0.6 is 0 Å². The quantitative estimate of drug-likeness (QED) is 0.549. The molecule has 0 atom stereocenters. The van der Waals surface area contributed by atoms with Crippen molar-refractivity contribution in [1.29, 1.82) is 0 Å². The lowest BCUT2D eigenvalue weighted by Crippen LogP contribution is -2.37. The smallest absolute Gasteiger partial charge is 0.316 e. The van der Waals surface area contributed by atoms with Crippen LogP contribution in [0.25, 0.3) is 22.4 Å². The lowest BCUT2D eigenvalue weighted by Gasteiger charge is -2.13. The minimum atomic E-state index is -0.677. The van der Waals surface area contributed by atoms with E-state index in [1.807, 2.05) is 13.8 Å². The van der Waals surface area contributed by atoms with Crippen LogP contribution in [0.4, 0.5) is 4.39 Å². The van der Waals surface area contributed by atoms with E-state index in [9.17, 15) is 14.0 Å². The molecule has 1 N–H and O–H groups in total. The molecule has 4 rings (SSSR count). The molecular formula is C20H17FN4O3. The van der Waals surface area contributed by atoms with Crippen LogP contribution in [-0.2, 0) is 6.42 Å². The molecule has 0 aliphatic rings. The minimum Gasteiger partial charge on any atom is -0.339 e. The maximum absolute atomic E-state index is 13.0. The predicted molar refractivity (Wildman–Crippen MR) is 102 cm³/mol. The first-order chi connectivity index (χ1) is 13.4. The summed E-state index contributed by atoms with van der Waals surface area (Å²) in [6.07, 6.45) is 0.380. The Morgan fingerprint density at radius 1 is 1.14 bits per heavy atom. The number of aromatic nitrogens is 4. The summed E-state index contributed by atoms with van der Waals surface area (Å²) in [5.41, 5.74) is 1.37. The topological polar surface area (TPSA) is 93.8 Å². The van der Waals surface area contributed by atoms with E-state index in [-0.39, 0.29) is 11.9 Å². The number of nitrogens with one attached hydrogen (secondary N) is 1. The standard InChI is InChI=1S/C20H17FN4O3/c1-11(2)25-16-8-5-13(10-15(16)22-19(26)20(25)27)18-23-17(28-24-18)9-12-3-6-14(21)7-4-12/h3-8,10-11H,9H2,1-2H3,(H,22,26). The van der Waals surface area contributed by atoms with Crippen molar-refractivity contribution in [2.75, 3.05) is 0 Å². The van der Waals surface area contributed by atoms with Crippen LogP contribution in [0.2, 0.25) is 0 Å². The van der Waals surface area contributed by atoms with Crippen LogP contribution in [0, 0.1) is 5.82 Å². The van der Waals surface area contributed by atoms with Gasteiger partial charge in [-0.2, -0.15) is 4.98 Å². The van der Waals surface area contributed by atoms with Gasteiger partial charge in [0, 0.05) is 11.6 Å². The van der Waals surface area contributed by atoms with Gasteiger partial charge >= 0.3 is 11.1 Å². The third-order valence-electron chi connectivity index (χ3n) is 4.43. The van der Waals surface area contributed by atoms with Crippen molar-refractivity contribution in [3.05, 3.63) is 80.4 Å². The maximum atomic E-state index is 13.0. The van der Waals surface area contributed by atoms with Crippen LogP contribution in [0.1, 0.15) is 31.3 Å². The molecule has 28 heavy (non-hydrogen) atoms. The van der Waals surface area contributed by atoms with Gasteiger partial charge in [0.15, 0.2) is 0 Å². The molecule has 2 aromatic carbocycles. The monoisotopic (exact) mass is 380 g/mol. The number of nitrogens with zero attached hydrogens (tertiary/aromatic N) is 3. The summed E-state index contributed by atoms with van der Waals surface area (Å²) in [5, 5.41) is 3.98. The SMILES string of the molecule is CC(C)n1c(=O)c(=O)[nH]c2cc(-c3noc(Cc4ccc(F)cc4)n3)ccc21. The third-order valence-corrected chi connectivity index (χ3v) is 4.43. The van der Waals surface area contributed by atoms with Gasteiger partial charge in [0.05, 0.1) is 17.5 Å². The summed E-state index contributed by atoms with van der Waals surface area (Å²) in [4.78, 5) is 31.1. The second-order valence-electron chi connectivity index (χ2n) is 6.77. The summed E-state index contributed by atoms with van der Waals surface area (Å²) < 4.78 is 19.8. The normalized spacial score (nSPS) is 11.4. The average Bonchev–Trinajstić information content (AvgIpc) is 3.12. The molecule has 0 aliphatic heterocycles. The molecule has 0 saturated heterocycles. The molecule has 0 fully saturated rings. The molecule has 0 bridgehead atoms. The van der Waals surface area contributed by atoms with Gasteiger partial charge in [-0.15, -0.1) is 0 Å². The van der Waals surface area contributed by atoms with E-state index in [4.69, 9.17) is 4.52 Å². The molecule has 2 heterocycles. The fourth-order valence-electron chi connectivity index (χ4n) is 3.11. The molecule has 0 spiro atoms. The Morgan fingerprint density at radius 2 is 1.89 bits per heavy atom. The summed E-state index contributed by atoms with van der Waals surface area (Å²) in [5.74, 6) is 0.449. The van der Waals surface area contributed by atoms with E-state index >= 15 is 0 Å². The first kappa shape index (κ1) is 17.8. The summed E-state index contributed by atoms with van der Waals surface area (Å²) in [7, 11) is 0. The number of rotatable bonds is 4. The highest BCUT2D eigenvalue weighted by Crippen LogP contribution is 2.22. The first-order valence-electron chi connectivity index (χ1n) is 8.78. The maximum Gasteiger partial charge on any atom is 0.316 e. The molecule has 7 nitrogen and oxygen atoms in total. The van der Waals surface area contributed by atoms with Gasteiger partial charge in [-0.1, -0.05) is 17.3 Å². The summed E-state index contributed by atoms with van der Waals surface area (Å²) in [6.45, 7) is 3.68. The number of aromatic amines is 1. The van der Waals surface area contributed by atoms with E-state index in [1.165, 1.54) is 16.7 Å². The Hall–Kier alpha value is -3.55. The van der Waals surface area contributed by atoms with Gasteiger partial charge in [0.1, 0.15) is 5.82 Å². The first-order valence-corrected chi connectivity index (χ1v) is 8.78. The molecule has 8 heteroatoms. The largest absolute Gasteiger partial charge is 0.339 e. The van der Waals surface area contributed by atoms with E-state index in [2.05, 4.69) is 15.1 Å². The molecule has 0 radical (unpaired) electrons. The predicted octanol–water partition coefficient (Wildman–Crippen LogP) is 3.05. The van der Waals surface area contributed by atoms with Crippen LogP contribution in [0.15, 0.2) is 56.6 Å². The Kier molecular flexibility index (Phi) is 4.38. The van der Waals surface area contributed by atoms with Gasteiger partial charge in [-0.3, -0.25) is 14.2 Å². The zero-order valence-electron chi connectivity index (χ0n) is 15.3. The fourth-order valence-corrected chi connectivity index (χ4v) is 3.11. The second kappa shape index (κ2) is 6.88. The highest BCUT2D eigenvalue weighted by molar-refractivity contribution is 5.80. The van der Waals surface area contributed by atoms with Gasteiger partial charge in [-0.25, -0.2) is 4.39 Å². The van der Waals surface area contributed by atoms with Crippen molar-refractivity contribution in [2.45, 2.75) is 26.3 Å². The van der Waals surface area contributed by atoms with Gasteiger partial charge in [-0.05, 0) is 49.7 Å². The van der Waals surface area contributed by atoms with Crippen LogP contribution in [0.3, 0.4) is 0 Å². The number of hydrogen-bond donors (Lipinski definition) is 1. The number of hydrogen-bond acceptors (Lipinski definition) is 5. The Bertz CT molecular complexity index is 1270. The van der Waals surface area contributed by atoms with Crippen molar-refractivity contribution in [3.63, 3.8) is 0 Å². The Morgan fingerprint density at radius 3 is 2.61 bits per heavy atom. The van der Waals surface area contributed by atoms with Crippen molar-refractivity contribution in [3.8, 4) is 11.4 Å². The zero-order chi connectivity index (χ0) is 19.8. The molecule has 0 amide bonds. The van der Waals surface area contributed by atoms with Crippen molar-refractivity contribution >= 4 is 11.0 Å². The van der Waals surface area contributed by atoms with Crippen molar-refractivity contribution < 1.29 is 8.91 Å². The highest BCUT2D eigenvalue weighted by atomic mass is 19.1. The fraction of sp³-hybridized carbons (Fsp3) is 0.200. The van der Waals surface area contributed by atoms with E-state index < -0.39 is 11.1 Å². The van der Waals surface area contributed by atoms with E-state index in [1.54, 1.807) is 30.3 Å². The lowest BCUT2D eigenvalue weighted by atomic mass is 10.1. The zero-order valence-corrected chi connectivity index (χ0v) is 15.3.